The molecule has 0 atom stereocenters. The number of para-hydroxylation sites is 3. The Balaban J connectivity index is 1.33. The lowest BCUT2D eigenvalue weighted by molar-refractivity contribution is 1.18. The van der Waals surface area contributed by atoms with Gasteiger partial charge in [0, 0.05) is 32.9 Å². The molecule has 0 amide bonds. The molecule has 48 heavy (non-hydrogen) atoms. The van der Waals surface area contributed by atoms with E-state index in [0.29, 0.717) is 11.1 Å². The second-order valence-electron chi connectivity index (χ2n) is 12.1. The molecule has 9 aromatic rings. The minimum absolute atomic E-state index is 0.621. The second kappa shape index (κ2) is 10.9. The van der Waals surface area contributed by atoms with Gasteiger partial charge in [-0.25, -0.2) is 0 Å². The van der Waals surface area contributed by atoms with Gasteiger partial charge in [-0.1, -0.05) is 72.8 Å². The maximum atomic E-state index is 9.72. The first kappa shape index (κ1) is 27.4. The smallest absolute Gasteiger partial charge is 0.0991 e. The Morgan fingerprint density at radius 1 is 0.333 bits per heavy atom. The highest BCUT2D eigenvalue weighted by atomic mass is 15.0. The lowest BCUT2D eigenvalue weighted by atomic mass is 9.96. The topological polar surface area (TPSA) is 57.4 Å². The SMILES string of the molecule is N#Cc1cccc(-c2cc(-c3ccc4c(c3)c3ccccc3n4-c3ccccc3)cc(-n3c4ccccc4c4cc(C#N)ccc43)c2)c1. The van der Waals surface area contributed by atoms with Crippen molar-refractivity contribution in [2.75, 3.05) is 0 Å². The summed E-state index contributed by atoms with van der Waals surface area (Å²) in [4.78, 5) is 0. The van der Waals surface area contributed by atoms with Crippen LogP contribution in [0.15, 0.2) is 158 Å². The zero-order valence-corrected chi connectivity index (χ0v) is 25.8. The van der Waals surface area contributed by atoms with Crippen molar-refractivity contribution in [1.29, 1.82) is 10.5 Å². The maximum Gasteiger partial charge on any atom is 0.0991 e. The van der Waals surface area contributed by atoms with E-state index < -0.39 is 0 Å². The number of nitriles is 2. The molecule has 0 spiro atoms. The predicted octanol–water partition coefficient (Wildman–Crippen LogP) is 11.0. The summed E-state index contributed by atoms with van der Waals surface area (Å²) < 4.78 is 4.62. The highest BCUT2D eigenvalue weighted by Crippen LogP contribution is 2.39. The number of benzene rings is 7. The van der Waals surface area contributed by atoms with E-state index in [1.54, 1.807) is 0 Å². The molecule has 0 saturated carbocycles. The summed E-state index contributed by atoms with van der Waals surface area (Å²) in [5.74, 6) is 0. The monoisotopic (exact) mass is 610 g/mol. The number of rotatable bonds is 4. The summed E-state index contributed by atoms with van der Waals surface area (Å²) in [6.45, 7) is 0. The van der Waals surface area contributed by atoms with Crippen LogP contribution in [-0.4, -0.2) is 9.13 Å². The van der Waals surface area contributed by atoms with E-state index in [0.717, 1.165) is 61.0 Å². The number of fused-ring (bicyclic) bond motifs is 6. The number of nitrogens with zero attached hydrogens (tertiary/aromatic N) is 4. The average Bonchev–Trinajstić information content (AvgIpc) is 3.67. The van der Waals surface area contributed by atoms with E-state index in [1.807, 2.05) is 48.5 Å². The predicted molar refractivity (Wildman–Crippen MR) is 195 cm³/mol. The van der Waals surface area contributed by atoms with Crippen LogP contribution >= 0.6 is 0 Å². The molecule has 2 aromatic heterocycles. The molecule has 222 valence electrons. The summed E-state index contributed by atoms with van der Waals surface area (Å²) >= 11 is 0. The van der Waals surface area contributed by atoms with Gasteiger partial charge >= 0.3 is 0 Å². The van der Waals surface area contributed by atoms with E-state index in [4.69, 9.17) is 0 Å². The van der Waals surface area contributed by atoms with Crippen LogP contribution in [0.3, 0.4) is 0 Å². The Kier molecular flexibility index (Phi) is 6.22. The molecule has 0 saturated heterocycles. The summed E-state index contributed by atoms with van der Waals surface area (Å²) in [6, 6.07) is 59.1. The molecule has 2 heterocycles. The standard InChI is InChI=1S/C44H26N4/c45-27-29-9-8-10-31(21-29)33-23-34(25-36(24-33)48-42-16-7-4-13-37(42)39-22-30(28-46)17-19-43(39)48)32-18-20-44-40(26-32)38-14-5-6-15-41(38)47(44)35-11-2-1-3-12-35/h1-26H. The van der Waals surface area contributed by atoms with Gasteiger partial charge in [0.25, 0.3) is 0 Å². The summed E-state index contributed by atoms with van der Waals surface area (Å²) in [5.41, 5.74) is 12.0. The van der Waals surface area contributed by atoms with Crippen LogP contribution < -0.4 is 0 Å². The average molecular weight is 611 g/mol. The largest absolute Gasteiger partial charge is 0.309 e. The highest BCUT2D eigenvalue weighted by Gasteiger charge is 2.17. The molecule has 0 radical (unpaired) electrons. The van der Waals surface area contributed by atoms with Crippen LogP contribution in [0.4, 0.5) is 0 Å². The van der Waals surface area contributed by atoms with Crippen molar-refractivity contribution in [3.05, 3.63) is 169 Å². The van der Waals surface area contributed by atoms with Crippen LogP contribution in [0.2, 0.25) is 0 Å². The number of aromatic nitrogens is 2. The molecule has 0 aliphatic rings. The number of hydrogen-bond donors (Lipinski definition) is 0. The van der Waals surface area contributed by atoms with Crippen LogP contribution in [0.25, 0.3) is 77.2 Å². The van der Waals surface area contributed by atoms with Crippen molar-refractivity contribution in [1.82, 2.24) is 9.13 Å². The van der Waals surface area contributed by atoms with E-state index in [2.05, 4.69) is 130 Å². The van der Waals surface area contributed by atoms with Crippen molar-refractivity contribution in [3.8, 4) is 45.8 Å². The Morgan fingerprint density at radius 3 is 1.56 bits per heavy atom. The van der Waals surface area contributed by atoms with Crippen LogP contribution in [0.1, 0.15) is 11.1 Å². The van der Waals surface area contributed by atoms with Crippen molar-refractivity contribution in [3.63, 3.8) is 0 Å². The third-order valence-corrected chi connectivity index (χ3v) is 9.32. The normalized spacial score (nSPS) is 11.3. The molecule has 0 fully saturated rings. The fourth-order valence-corrected chi connectivity index (χ4v) is 7.17. The summed E-state index contributed by atoms with van der Waals surface area (Å²) in [5, 5.41) is 23.9. The third kappa shape index (κ3) is 4.29. The molecule has 9 rings (SSSR count). The molecule has 4 nitrogen and oxygen atoms in total. The fourth-order valence-electron chi connectivity index (χ4n) is 7.17. The van der Waals surface area contributed by atoms with Gasteiger partial charge in [-0.3, -0.25) is 0 Å². The first-order valence-electron chi connectivity index (χ1n) is 15.9. The Labute approximate surface area is 277 Å². The van der Waals surface area contributed by atoms with Gasteiger partial charge in [-0.2, -0.15) is 10.5 Å². The van der Waals surface area contributed by atoms with Crippen LogP contribution in [-0.2, 0) is 0 Å². The molecule has 0 bridgehead atoms. The molecule has 4 heteroatoms. The zero-order chi connectivity index (χ0) is 32.2. The molecular weight excluding hydrogens is 585 g/mol. The molecule has 0 unspecified atom stereocenters. The maximum absolute atomic E-state index is 9.72. The first-order valence-corrected chi connectivity index (χ1v) is 15.9. The first-order chi connectivity index (χ1) is 23.7. The molecule has 0 N–H and O–H groups in total. The van der Waals surface area contributed by atoms with E-state index >= 15 is 0 Å². The summed E-state index contributed by atoms with van der Waals surface area (Å²) in [7, 11) is 0. The second-order valence-corrected chi connectivity index (χ2v) is 12.1. The Morgan fingerprint density at radius 2 is 0.875 bits per heavy atom. The van der Waals surface area contributed by atoms with Gasteiger partial charge in [-0.05, 0) is 107 Å². The molecule has 0 aliphatic carbocycles. The quantitative estimate of drug-likeness (QED) is 0.199. The number of hydrogen-bond acceptors (Lipinski definition) is 2. The van der Waals surface area contributed by atoms with E-state index in [1.165, 1.54) is 16.3 Å². The third-order valence-electron chi connectivity index (χ3n) is 9.32. The lowest BCUT2D eigenvalue weighted by Crippen LogP contribution is -1.96. The van der Waals surface area contributed by atoms with Gasteiger partial charge in [-0.15, -0.1) is 0 Å². The molecule has 7 aromatic carbocycles. The van der Waals surface area contributed by atoms with Gasteiger partial charge in [0.1, 0.15) is 0 Å². The van der Waals surface area contributed by atoms with Crippen molar-refractivity contribution in [2.24, 2.45) is 0 Å². The van der Waals surface area contributed by atoms with Crippen molar-refractivity contribution < 1.29 is 0 Å². The van der Waals surface area contributed by atoms with Gasteiger partial charge in [0.05, 0.1) is 45.3 Å². The molecule has 0 aliphatic heterocycles. The minimum atomic E-state index is 0.621. The Hall–Kier alpha value is -6.88. The van der Waals surface area contributed by atoms with Gasteiger partial charge in [0.15, 0.2) is 0 Å². The minimum Gasteiger partial charge on any atom is -0.309 e. The lowest BCUT2D eigenvalue weighted by Gasteiger charge is -2.14. The highest BCUT2D eigenvalue weighted by molar-refractivity contribution is 6.11. The van der Waals surface area contributed by atoms with E-state index in [9.17, 15) is 10.5 Å². The van der Waals surface area contributed by atoms with Crippen molar-refractivity contribution in [2.45, 2.75) is 0 Å². The molecular formula is C44H26N4. The van der Waals surface area contributed by atoms with Crippen molar-refractivity contribution >= 4 is 43.6 Å². The fraction of sp³-hybridized carbons (Fsp3) is 0. The van der Waals surface area contributed by atoms with Crippen LogP contribution in [0.5, 0.6) is 0 Å². The Bertz CT molecular complexity index is 2800. The van der Waals surface area contributed by atoms with Crippen LogP contribution in [0, 0.1) is 22.7 Å². The van der Waals surface area contributed by atoms with Gasteiger partial charge in [0.2, 0.25) is 0 Å². The van der Waals surface area contributed by atoms with Gasteiger partial charge < -0.3 is 9.13 Å². The summed E-state index contributed by atoms with van der Waals surface area (Å²) in [6.07, 6.45) is 0. The zero-order valence-electron chi connectivity index (χ0n) is 25.8. The van der Waals surface area contributed by atoms with E-state index in [-0.39, 0.29) is 0 Å².